The number of benzene rings is 1. The van der Waals surface area contributed by atoms with Crippen molar-refractivity contribution in [1.29, 1.82) is 0 Å². The Morgan fingerprint density at radius 1 is 1.37 bits per heavy atom. The van der Waals surface area contributed by atoms with Crippen LogP contribution in [0.2, 0.25) is 0 Å². The smallest absolute Gasteiger partial charge is 0.242 e. The van der Waals surface area contributed by atoms with E-state index < -0.39 is 10.0 Å². The fourth-order valence-corrected chi connectivity index (χ4v) is 3.56. The summed E-state index contributed by atoms with van der Waals surface area (Å²) >= 11 is 3.21. The summed E-state index contributed by atoms with van der Waals surface area (Å²) in [6.45, 7) is 4.07. The van der Waals surface area contributed by atoms with Crippen molar-refractivity contribution < 1.29 is 13.2 Å². The lowest BCUT2D eigenvalue weighted by molar-refractivity contribution is -0.119. The highest BCUT2D eigenvalue weighted by Gasteiger charge is 2.18. The summed E-state index contributed by atoms with van der Waals surface area (Å²) in [5.41, 5.74) is 0.950. The van der Waals surface area contributed by atoms with Gasteiger partial charge in [0.2, 0.25) is 15.9 Å². The lowest BCUT2D eigenvalue weighted by atomic mass is 10.2. The molecule has 0 aliphatic carbocycles. The van der Waals surface area contributed by atoms with Gasteiger partial charge in [0.25, 0.3) is 0 Å². The van der Waals surface area contributed by atoms with Crippen LogP contribution >= 0.6 is 15.9 Å². The number of halogens is 1. The second-order valence-electron chi connectivity index (χ2n) is 4.11. The van der Waals surface area contributed by atoms with Crippen molar-refractivity contribution in [3.8, 4) is 0 Å². The van der Waals surface area contributed by atoms with Gasteiger partial charge in [-0.05, 0) is 47.0 Å². The predicted octanol–water partition coefficient (Wildman–Crippen LogP) is 1.56. The lowest BCUT2D eigenvalue weighted by Crippen LogP contribution is -2.37. The minimum atomic E-state index is -3.69. The maximum absolute atomic E-state index is 12.0. The monoisotopic (exact) mass is 348 g/mol. The van der Waals surface area contributed by atoms with Crippen LogP contribution in [-0.4, -0.2) is 27.4 Å². The van der Waals surface area contributed by atoms with Gasteiger partial charge in [-0.25, -0.2) is 13.1 Å². The molecular formula is C12H17BrN2O3S. The molecule has 1 aromatic rings. The summed E-state index contributed by atoms with van der Waals surface area (Å²) in [6, 6.07) is 4.92. The number of carbonyl (C=O) groups is 1. The molecule has 0 aliphatic rings. The molecule has 0 heterocycles. The highest BCUT2D eigenvalue weighted by molar-refractivity contribution is 9.10. The van der Waals surface area contributed by atoms with Crippen LogP contribution in [0, 0.1) is 6.92 Å². The number of rotatable bonds is 6. The van der Waals surface area contributed by atoms with E-state index in [-0.39, 0.29) is 17.3 Å². The van der Waals surface area contributed by atoms with Crippen molar-refractivity contribution in [3.63, 3.8) is 0 Å². The van der Waals surface area contributed by atoms with Crippen LogP contribution in [0.5, 0.6) is 0 Å². The molecule has 0 aromatic heterocycles. The summed E-state index contributed by atoms with van der Waals surface area (Å²) in [5, 5.41) is 2.60. The molecule has 19 heavy (non-hydrogen) atoms. The largest absolute Gasteiger partial charge is 0.355 e. The van der Waals surface area contributed by atoms with E-state index >= 15 is 0 Å². The molecule has 0 atom stereocenters. The van der Waals surface area contributed by atoms with Gasteiger partial charge in [0.1, 0.15) is 0 Å². The van der Waals surface area contributed by atoms with Crippen LogP contribution in [0.1, 0.15) is 18.9 Å². The van der Waals surface area contributed by atoms with E-state index in [9.17, 15) is 13.2 Å². The van der Waals surface area contributed by atoms with E-state index in [4.69, 9.17) is 0 Å². The Kier molecular flexibility index (Phi) is 5.96. The quantitative estimate of drug-likeness (QED) is 0.819. The fourth-order valence-electron chi connectivity index (χ4n) is 1.39. The molecule has 7 heteroatoms. The van der Waals surface area contributed by atoms with E-state index in [0.29, 0.717) is 11.0 Å². The Hall–Kier alpha value is -0.920. The predicted molar refractivity (Wildman–Crippen MR) is 77.4 cm³/mol. The van der Waals surface area contributed by atoms with E-state index in [1.165, 1.54) is 6.07 Å². The Morgan fingerprint density at radius 3 is 2.63 bits per heavy atom. The zero-order chi connectivity index (χ0) is 14.5. The first-order valence-corrected chi connectivity index (χ1v) is 8.17. The summed E-state index contributed by atoms with van der Waals surface area (Å²) < 4.78 is 26.8. The van der Waals surface area contributed by atoms with Crippen molar-refractivity contribution >= 4 is 31.9 Å². The van der Waals surface area contributed by atoms with E-state index in [0.717, 1.165) is 12.0 Å². The molecule has 0 unspecified atom stereocenters. The van der Waals surface area contributed by atoms with Crippen LogP contribution in [0.3, 0.4) is 0 Å². The fraction of sp³-hybridized carbons (Fsp3) is 0.417. The van der Waals surface area contributed by atoms with Gasteiger partial charge in [0.15, 0.2) is 0 Å². The van der Waals surface area contributed by atoms with Gasteiger partial charge in [-0.15, -0.1) is 0 Å². The normalized spacial score (nSPS) is 11.3. The zero-order valence-corrected chi connectivity index (χ0v) is 13.3. The minimum absolute atomic E-state index is 0.126. The van der Waals surface area contributed by atoms with Crippen molar-refractivity contribution in [2.24, 2.45) is 0 Å². The van der Waals surface area contributed by atoms with Crippen LogP contribution in [0.25, 0.3) is 0 Å². The summed E-state index contributed by atoms with van der Waals surface area (Å²) in [7, 11) is -3.69. The maximum Gasteiger partial charge on any atom is 0.242 e. The Morgan fingerprint density at radius 2 is 2.05 bits per heavy atom. The molecule has 5 nitrogen and oxygen atoms in total. The number of hydrogen-bond acceptors (Lipinski definition) is 3. The number of hydrogen-bond donors (Lipinski definition) is 2. The number of amides is 1. The van der Waals surface area contributed by atoms with Crippen molar-refractivity contribution in [2.75, 3.05) is 13.1 Å². The molecule has 0 aliphatic heterocycles. The third-order valence-electron chi connectivity index (χ3n) is 2.37. The van der Waals surface area contributed by atoms with Crippen LogP contribution in [-0.2, 0) is 14.8 Å². The number of sulfonamides is 1. The summed E-state index contributed by atoms with van der Waals surface area (Å²) in [6.07, 6.45) is 0.808. The van der Waals surface area contributed by atoms with Gasteiger partial charge >= 0.3 is 0 Å². The summed E-state index contributed by atoms with van der Waals surface area (Å²) in [5.74, 6) is -0.339. The molecule has 1 amide bonds. The molecular weight excluding hydrogens is 332 g/mol. The Balaban J connectivity index is 2.73. The van der Waals surface area contributed by atoms with Gasteiger partial charge in [-0.1, -0.05) is 13.0 Å². The molecule has 0 fully saturated rings. The first kappa shape index (κ1) is 16.1. The van der Waals surface area contributed by atoms with Gasteiger partial charge in [-0.2, -0.15) is 0 Å². The number of carbonyl (C=O) groups excluding carboxylic acids is 1. The van der Waals surface area contributed by atoms with Gasteiger partial charge in [0, 0.05) is 11.0 Å². The van der Waals surface area contributed by atoms with Crippen molar-refractivity contribution in [3.05, 3.63) is 28.2 Å². The van der Waals surface area contributed by atoms with E-state index in [1.807, 2.05) is 13.8 Å². The second-order valence-corrected chi connectivity index (χ2v) is 6.70. The third-order valence-corrected chi connectivity index (χ3v) is 4.75. The van der Waals surface area contributed by atoms with Crippen LogP contribution < -0.4 is 10.0 Å². The third kappa shape index (κ3) is 4.93. The first-order valence-electron chi connectivity index (χ1n) is 5.89. The molecule has 1 rings (SSSR count). The molecule has 0 radical (unpaired) electrons. The maximum atomic E-state index is 12.0. The molecule has 0 spiro atoms. The highest BCUT2D eigenvalue weighted by atomic mass is 79.9. The zero-order valence-electron chi connectivity index (χ0n) is 10.9. The van der Waals surface area contributed by atoms with Crippen molar-refractivity contribution in [1.82, 2.24) is 10.0 Å². The Bertz CT molecular complexity index is 558. The highest BCUT2D eigenvalue weighted by Crippen LogP contribution is 2.22. The van der Waals surface area contributed by atoms with Gasteiger partial charge in [0.05, 0.1) is 11.4 Å². The van der Waals surface area contributed by atoms with Gasteiger partial charge < -0.3 is 5.32 Å². The average Bonchev–Trinajstić information content (AvgIpc) is 2.33. The van der Waals surface area contributed by atoms with Crippen molar-refractivity contribution in [2.45, 2.75) is 25.2 Å². The standard InChI is InChI=1S/C12H17BrN2O3S/c1-3-6-14-12(16)8-15-19(17,18)11-5-4-9(2)7-10(11)13/h4-5,7,15H,3,6,8H2,1-2H3,(H,14,16). The van der Waals surface area contributed by atoms with Gasteiger partial charge in [-0.3, -0.25) is 4.79 Å². The Labute approximate surface area is 122 Å². The van der Waals surface area contributed by atoms with Crippen LogP contribution in [0.4, 0.5) is 0 Å². The minimum Gasteiger partial charge on any atom is -0.355 e. The molecule has 0 saturated carbocycles. The molecule has 0 saturated heterocycles. The number of nitrogens with one attached hydrogen (secondary N) is 2. The van der Waals surface area contributed by atoms with E-state index in [1.54, 1.807) is 12.1 Å². The van der Waals surface area contributed by atoms with Crippen LogP contribution in [0.15, 0.2) is 27.6 Å². The molecule has 1 aromatic carbocycles. The molecule has 0 bridgehead atoms. The SMILES string of the molecule is CCCNC(=O)CNS(=O)(=O)c1ccc(C)cc1Br. The second kappa shape index (κ2) is 7.02. The average molecular weight is 349 g/mol. The number of aryl methyl sites for hydroxylation is 1. The lowest BCUT2D eigenvalue weighted by Gasteiger charge is -2.09. The molecule has 106 valence electrons. The summed E-state index contributed by atoms with van der Waals surface area (Å²) in [4.78, 5) is 11.5. The molecule has 2 N–H and O–H groups in total. The van der Waals surface area contributed by atoms with E-state index in [2.05, 4.69) is 26.0 Å². The first-order chi connectivity index (χ1) is 8.86. The topological polar surface area (TPSA) is 75.3 Å².